The Kier molecular flexibility index (Phi) is 5.83. The van der Waals surface area contributed by atoms with Crippen molar-refractivity contribution in [2.24, 2.45) is 4.99 Å². The molecule has 0 radical (unpaired) electrons. The van der Waals surface area contributed by atoms with Crippen LogP contribution in [-0.4, -0.2) is 46.7 Å². The molecule has 162 valence electrons. The molecule has 1 aromatic heterocycles. The zero-order chi connectivity index (χ0) is 23.0. The fourth-order valence-electron chi connectivity index (χ4n) is 3.55. The molecule has 2 aliphatic rings. The number of Topliss-reactive ketones (excluding diaryl/α,β-unsaturated/α-hetero) is 1. The number of aryl methyl sites for hydroxylation is 2. The van der Waals surface area contributed by atoms with Crippen molar-refractivity contribution in [3.8, 4) is 0 Å². The van der Waals surface area contributed by atoms with Crippen LogP contribution in [0.15, 0.2) is 51.4 Å². The van der Waals surface area contributed by atoms with Crippen LogP contribution in [0.25, 0.3) is 5.57 Å². The first-order valence-electron chi connectivity index (χ1n) is 9.70. The van der Waals surface area contributed by atoms with Crippen LogP contribution in [0.3, 0.4) is 0 Å². The summed E-state index contributed by atoms with van der Waals surface area (Å²) in [5, 5.41) is 10.6. The van der Waals surface area contributed by atoms with Gasteiger partial charge in [-0.2, -0.15) is 0 Å². The molecule has 8 nitrogen and oxygen atoms in total. The summed E-state index contributed by atoms with van der Waals surface area (Å²) in [6.45, 7) is 11.7. The number of aliphatic hydroxyl groups excluding tert-OH is 1. The van der Waals surface area contributed by atoms with Gasteiger partial charge in [0, 0.05) is 11.3 Å². The number of nitrogens with zero attached hydrogens (tertiary/aromatic N) is 1. The molecule has 0 fully saturated rings. The average Bonchev–Trinajstić information content (AvgIpc) is 3.16. The van der Waals surface area contributed by atoms with E-state index in [9.17, 15) is 19.5 Å². The quantitative estimate of drug-likeness (QED) is 0.411. The van der Waals surface area contributed by atoms with E-state index in [4.69, 9.17) is 9.47 Å². The molecule has 1 aromatic rings. The molecule has 0 saturated carbocycles. The maximum atomic E-state index is 12.8. The molecule has 0 atom stereocenters. The number of aliphatic imine (C=N–C) groups is 1. The van der Waals surface area contributed by atoms with E-state index >= 15 is 0 Å². The van der Waals surface area contributed by atoms with E-state index in [2.05, 4.69) is 16.6 Å². The number of H-pyrrole nitrogens is 1. The largest absolute Gasteiger partial charge is 0.506 e. The Hall–Kier alpha value is -3.68. The first-order chi connectivity index (χ1) is 14.5. The molecule has 1 aliphatic heterocycles. The molecule has 31 heavy (non-hydrogen) atoms. The topological polar surface area (TPSA) is 118 Å². The number of ether oxygens (including phenoxy) is 2. The number of carbonyl (C=O) groups is 3. The fourth-order valence-corrected chi connectivity index (χ4v) is 3.55. The number of allylic oxidation sites excluding steroid dienone is 3. The lowest BCUT2D eigenvalue weighted by Crippen LogP contribution is -2.23. The Balaban J connectivity index is 1.82. The van der Waals surface area contributed by atoms with Crippen LogP contribution in [0.4, 0.5) is 0 Å². The maximum absolute atomic E-state index is 12.8. The van der Waals surface area contributed by atoms with Gasteiger partial charge in [0.05, 0.1) is 33.8 Å². The Labute approximate surface area is 179 Å². The molecule has 2 N–H and O–H groups in total. The minimum Gasteiger partial charge on any atom is -0.506 e. The molecular formula is C23H24N2O6. The van der Waals surface area contributed by atoms with E-state index in [0.29, 0.717) is 17.0 Å². The van der Waals surface area contributed by atoms with E-state index in [1.54, 1.807) is 13.8 Å². The summed E-state index contributed by atoms with van der Waals surface area (Å²) in [6, 6.07) is 1.89. The van der Waals surface area contributed by atoms with Gasteiger partial charge in [0.1, 0.15) is 19.0 Å². The van der Waals surface area contributed by atoms with Crippen molar-refractivity contribution in [2.75, 3.05) is 13.2 Å². The smallest absolute Gasteiger partial charge is 0.340 e. The van der Waals surface area contributed by atoms with Gasteiger partial charge in [0.2, 0.25) is 5.78 Å². The number of carbonyl (C=O) groups excluding carboxylic acids is 3. The van der Waals surface area contributed by atoms with Gasteiger partial charge >= 0.3 is 11.9 Å². The van der Waals surface area contributed by atoms with Crippen molar-refractivity contribution in [1.29, 1.82) is 0 Å². The molecule has 8 heteroatoms. The van der Waals surface area contributed by atoms with Gasteiger partial charge in [-0.15, -0.1) is 0 Å². The molecule has 0 unspecified atom stereocenters. The molecule has 2 heterocycles. The summed E-state index contributed by atoms with van der Waals surface area (Å²) >= 11 is 0. The number of aliphatic hydroxyl groups is 1. The van der Waals surface area contributed by atoms with Gasteiger partial charge in [-0.25, -0.2) is 9.59 Å². The van der Waals surface area contributed by atoms with E-state index in [1.807, 2.05) is 19.9 Å². The Morgan fingerprint density at radius 1 is 1.13 bits per heavy atom. The van der Waals surface area contributed by atoms with Crippen LogP contribution in [0.1, 0.15) is 37.7 Å². The second-order valence-electron chi connectivity index (χ2n) is 7.54. The zero-order valence-corrected chi connectivity index (χ0v) is 18.1. The third-order valence-corrected chi connectivity index (χ3v) is 5.04. The van der Waals surface area contributed by atoms with Gasteiger partial charge < -0.3 is 19.6 Å². The van der Waals surface area contributed by atoms with Gasteiger partial charge in [-0.05, 0) is 51.8 Å². The van der Waals surface area contributed by atoms with Crippen molar-refractivity contribution >= 4 is 29.0 Å². The lowest BCUT2D eigenvalue weighted by atomic mass is 9.82. The lowest BCUT2D eigenvalue weighted by molar-refractivity contribution is -0.147. The van der Waals surface area contributed by atoms with Gasteiger partial charge in [-0.1, -0.05) is 6.58 Å². The Bertz CT molecular complexity index is 1160. The van der Waals surface area contributed by atoms with Crippen LogP contribution in [0.5, 0.6) is 0 Å². The highest BCUT2D eigenvalue weighted by Gasteiger charge is 2.41. The first-order valence-corrected chi connectivity index (χ1v) is 9.70. The van der Waals surface area contributed by atoms with Gasteiger partial charge in [0.15, 0.2) is 0 Å². The van der Waals surface area contributed by atoms with Crippen molar-refractivity contribution in [2.45, 2.75) is 34.6 Å². The number of hydrogen-bond acceptors (Lipinski definition) is 7. The Morgan fingerprint density at radius 3 is 2.32 bits per heavy atom. The third kappa shape index (κ3) is 3.88. The van der Waals surface area contributed by atoms with E-state index in [0.717, 1.165) is 11.3 Å². The Morgan fingerprint density at radius 2 is 1.77 bits per heavy atom. The lowest BCUT2D eigenvalue weighted by Gasteiger charge is -2.22. The number of hydrogen-bond donors (Lipinski definition) is 2. The summed E-state index contributed by atoms with van der Waals surface area (Å²) in [4.78, 5) is 44.1. The number of aromatic nitrogens is 1. The molecule has 0 saturated heterocycles. The molecule has 0 aromatic carbocycles. The SMILES string of the molecule is C=C(C)C(=O)OCCOC(=O)C1=C(C)/C(=C2\C(=O)C(c3[nH]c(C)cc3C)=C2O)N=C1C. The predicted molar refractivity (Wildman–Crippen MR) is 114 cm³/mol. The molecule has 0 spiro atoms. The van der Waals surface area contributed by atoms with Crippen molar-refractivity contribution in [1.82, 2.24) is 4.98 Å². The molecule has 1 aliphatic carbocycles. The highest BCUT2D eigenvalue weighted by atomic mass is 16.6. The normalized spacial score (nSPS) is 18.2. The summed E-state index contributed by atoms with van der Waals surface area (Å²) in [6.07, 6.45) is 0. The summed E-state index contributed by atoms with van der Waals surface area (Å²) in [5.41, 5.74) is 4.15. The highest BCUT2D eigenvalue weighted by Crippen LogP contribution is 2.42. The van der Waals surface area contributed by atoms with E-state index < -0.39 is 11.9 Å². The molecular weight excluding hydrogens is 400 g/mol. The van der Waals surface area contributed by atoms with Crippen molar-refractivity contribution in [3.63, 3.8) is 0 Å². The summed E-state index contributed by atoms with van der Waals surface area (Å²) in [7, 11) is 0. The standard InChI is InChI=1S/C23H24N2O6/c1-10(2)22(28)30-7-8-31-23(29)15-13(5)19(25-14(15)6)17-20(26)16(21(17)27)18-11(3)9-12(4)24-18/h9,24,26H,1,7-8H2,2-6H3/b19-17+. The number of ketones is 1. The van der Waals surface area contributed by atoms with Crippen LogP contribution in [-0.2, 0) is 23.9 Å². The van der Waals surface area contributed by atoms with Gasteiger partial charge in [0.25, 0.3) is 0 Å². The first kappa shape index (κ1) is 22.0. The van der Waals surface area contributed by atoms with Crippen LogP contribution >= 0.6 is 0 Å². The number of aromatic amines is 1. The van der Waals surface area contributed by atoms with Crippen LogP contribution in [0.2, 0.25) is 0 Å². The second kappa shape index (κ2) is 8.22. The number of rotatable bonds is 6. The highest BCUT2D eigenvalue weighted by molar-refractivity contribution is 6.39. The second-order valence-corrected chi connectivity index (χ2v) is 7.54. The fraction of sp³-hybridized carbons (Fsp3) is 0.304. The predicted octanol–water partition coefficient (Wildman–Crippen LogP) is 3.19. The molecule has 0 bridgehead atoms. The third-order valence-electron chi connectivity index (χ3n) is 5.04. The van der Waals surface area contributed by atoms with E-state index in [-0.39, 0.29) is 52.7 Å². The van der Waals surface area contributed by atoms with Crippen LogP contribution in [0, 0.1) is 13.8 Å². The average molecular weight is 424 g/mol. The number of nitrogens with one attached hydrogen (secondary N) is 1. The van der Waals surface area contributed by atoms with Gasteiger partial charge in [-0.3, -0.25) is 9.79 Å². The van der Waals surface area contributed by atoms with Crippen LogP contribution < -0.4 is 0 Å². The summed E-state index contributed by atoms with van der Waals surface area (Å²) < 4.78 is 10.1. The maximum Gasteiger partial charge on any atom is 0.340 e. The summed E-state index contributed by atoms with van der Waals surface area (Å²) in [5.74, 6) is -1.70. The minimum atomic E-state index is -0.646. The number of esters is 2. The monoisotopic (exact) mass is 424 g/mol. The van der Waals surface area contributed by atoms with E-state index in [1.165, 1.54) is 6.92 Å². The molecule has 0 amide bonds. The van der Waals surface area contributed by atoms with Crippen molar-refractivity contribution in [3.05, 3.63) is 63.3 Å². The zero-order valence-electron chi connectivity index (χ0n) is 18.1. The minimum absolute atomic E-state index is 0.0803. The van der Waals surface area contributed by atoms with Crippen molar-refractivity contribution < 1.29 is 29.0 Å². The molecule has 3 rings (SSSR count).